The van der Waals surface area contributed by atoms with Gasteiger partial charge in [-0.1, -0.05) is 39.3 Å². The summed E-state index contributed by atoms with van der Waals surface area (Å²) in [5.74, 6) is 6.63. The van der Waals surface area contributed by atoms with E-state index in [0.29, 0.717) is 18.9 Å². The molecule has 0 radical (unpaired) electrons. The van der Waals surface area contributed by atoms with Crippen LogP contribution in [0.25, 0.3) is 10.4 Å². The molecule has 1 aromatic carbocycles. The van der Waals surface area contributed by atoms with Gasteiger partial charge in [0.15, 0.2) is 0 Å². The third-order valence-corrected chi connectivity index (χ3v) is 9.55. The molecule has 1 saturated carbocycles. The molecule has 216 valence electrons. The van der Waals surface area contributed by atoms with Gasteiger partial charge < -0.3 is 21.0 Å². The normalized spacial score (nSPS) is 22.4. The number of rotatable bonds is 7. The number of allylic oxidation sites excluding steroid dienone is 1. The van der Waals surface area contributed by atoms with Crippen molar-refractivity contribution in [2.24, 2.45) is 22.9 Å². The summed E-state index contributed by atoms with van der Waals surface area (Å²) in [6.07, 6.45) is 9.33. The minimum atomic E-state index is -0.620. The Bertz CT molecular complexity index is 1280. The SMILES string of the molecule is Cc1ncsc1-c1ccc2c(c1)CCCCC2NC(=O)C1CCCN1C(=O)C(N(N)/C=C(\N)C1CC1)C(C)(C)C. The number of thiazole rings is 1. The van der Waals surface area contributed by atoms with Crippen molar-refractivity contribution in [3.05, 3.63) is 52.4 Å². The summed E-state index contributed by atoms with van der Waals surface area (Å²) in [7, 11) is 0. The largest absolute Gasteiger partial charge is 0.401 e. The maximum atomic E-state index is 14.0. The Balaban J connectivity index is 1.33. The number of fused-ring (bicyclic) bond motifs is 1. The molecular weight excluding hydrogens is 520 g/mol. The number of nitrogens with two attached hydrogens (primary N) is 2. The van der Waals surface area contributed by atoms with Crippen molar-refractivity contribution in [2.75, 3.05) is 6.54 Å². The molecule has 0 bridgehead atoms. The van der Waals surface area contributed by atoms with Gasteiger partial charge >= 0.3 is 0 Å². The lowest BCUT2D eigenvalue weighted by atomic mass is 9.85. The standard InChI is InChI=1S/C31H44N6O2S/c1-19-27(40-18-34-19)22-13-14-23-21(16-22)8-5-6-9-25(23)35-29(38)26-10-7-15-36(26)30(39)28(31(2,3)4)37(33)17-24(32)20-11-12-20/h13-14,16-18,20,25-26,28H,5-12,15,32-33H2,1-4H3,(H,35,38)/b24-17-. The van der Waals surface area contributed by atoms with E-state index >= 15 is 0 Å². The second-order valence-electron chi connectivity index (χ2n) is 12.8. The molecule has 2 heterocycles. The van der Waals surface area contributed by atoms with Crippen molar-refractivity contribution in [1.29, 1.82) is 0 Å². The van der Waals surface area contributed by atoms with Gasteiger partial charge in [-0.2, -0.15) is 0 Å². The van der Waals surface area contributed by atoms with Gasteiger partial charge in [0.25, 0.3) is 0 Å². The molecular formula is C31H44N6O2S. The van der Waals surface area contributed by atoms with Crippen LogP contribution in [0.5, 0.6) is 0 Å². The number of amides is 2. The summed E-state index contributed by atoms with van der Waals surface area (Å²) < 4.78 is 0. The number of nitrogens with zero attached hydrogens (tertiary/aromatic N) is 3. The van der Waals surface area contributed by atoms with Gasteiger partial charge in [0.2, 0.25) is 11.8 Å². The third kappa shape index (κ3) is 6.05. The van der Waals surface area contributed by atoms with Gasteiger partial charge in [-0.25, -0.2) is 10.8 Å². The van der Waals surface area contributed by atoms with Gasteiger partial charge in [0.1, 0.15) is 12.1 Å². The van der Waals surface area contributed by atoms with Crippen LogP contribution in [0.15, 0.2) is 35.6 Å². The number of hydrogen-bond donors (Lipinski definition) is 3. The van der Waals surface area contributed by atoms with Crippen LogP contribution in [-0.4, -0.2) is 45.3 Å². The maximum absolute atomic E-state index is 14.0. The zero-order valence-electron chi connectivity index (χ0n) is 24.3. The Morgan fingerprint density at radius 2 is 1.95 bits per heavy atom. The van der Waals surface area contributed by atoms with Gasteiger partial charge in [-0.15, -0.1) is 11.3 Å². The van der Waals surface area contributed by atoms with E-state index in [1.807, 2.05) is 33.2 Å². The van der Waals surface area contributed by atoms with Crippen LogP contribution >= 0.6 is 11.3 Å². The number of nitrogens with one attached hydrogen (secondary N) is 1. The van der Waals surface area contributed by atoms with Crippen LogP contribution in [-0.2, 0) is 16.0 Å². The molecule has 1 saturated heterocycles. The molecule has 2 aromatic rings. The van der Waals surface area contributed by atoms with E-state index in [1.54, 1.807) is 22.4 Å². The summed E-state index contributed by atoms with van der Waals surface area (Å²) in [6, 6.07) is 5.42. The first-order valence-electron chi connectivity index (χ1n) is 14.7. The van der Waals surface area contributed by atoms with Crippen LogP contribution in [0.1, 0.15) is 88.6 Å². The average molecular weight is 565 g/mol. The van der Waals surface area contributed by atoms with Crippen molar-refractivity contribution in [3.63, 3.8) is 0 Å². The predicted octanol–water partition coefficient (Wildman–Crippen LogP) is 4.79. The lowest BCUT2D eigenvalue weighted by Gasteiger charge is -2.39. The fourth-order valence-electron chi connectivity index (χ4n) is 6.29. The maximum Gasteiger partial charge on any atom is 0.248 e. The zero-order valence-corrected chi connectivity index (χ0v) is 25.1. The second-order valence-corrected chi connectivity index (χ2v) is 13.7. The van der Waals surface area contributed by atoms with E-state index in [0.717, 1.165) is 56.3 Å². The minimum Gasteiger partial charge on any atom is -0.401 e. The van der Waals surface area contributed by atoms with Crippen molar-refractivity contribution in [1.82, 2.24) is 20.2 Å². The van der Waals surface area contributed by atoms with Gasteiger partial charge in [-0.05, 0) is 80.0 Å². The van der Waals surface area contributed by atoms with Crippen LogP contribution < -0.4 is 16.9 Å². The molecule has 2 fully saturated rings. The third-order valence-electron chi connectivity index (χ3n) is 8.57. The molecule has 9 heteroatoms. The number of likely N-dealkylation sites (tertiary alicyclic amines) is 1. The van der Waals surface area contributed by atoms with Crippen molar-refractivity contribution < 1.29 is 9.59 Å². The fourth-order valence-corrected chi connectivity index (χ4v) is 7.10. The zero-order chi connectivity index (χ0) is 28.6. The molecule has 3 aliphatic rings. The topological polar surface area (TPSA) is 118 Å². The smallest absolute Gasteiger partial charge is 0.248 e. The highest BCUT2D eigenvalue weighted by molar-refractivity contribution is 7.13. The Hall–Kier alpha value is -2.91. The van der Waals surface area contributed by atoms with Crippen molar-refractivity contribution in [3.8, 4) is 10.4 Å². The fraction of sp³-hybridized carbons (Fsp3) is 0.581. The van der Waals surface area contributed by atoms with E-state index in [1.165, 1.54) is 26.6 Å². The van der Waals surface area contributed by atoms with E-state index in [-0.39, 0.29) is 17.9 Å². The second kappa shape index (κ2) is 11.5. The summed E-state index contributed by atoms with van der Waals surface area (Å²) in [4.78, 5) is 35.1. The Labute approximate surface area is 242 Å². The monoisotopic (exact) mass is 564 g/mol. The molecule has 3 atom stereocenters. The summed E-state index contributed by atoms with van der Waals surface area (Å²) >= 11 is 1.66. The molecule has 1 aliphatic heterocycles. The first kappa shape index (κ1) is 28.6. The van der Waals surface area contributed by atoms with E-state index < -0.39 is 17.5 Å². The molecule has 0 spiro atoms. The number of carbonyl (C=O) groups excluding carboxylic acids is 2. The molecule has 3 unspecified atom stereocenters. The average Bonchev–Trinajstić information content (AvgIpc) is 3.53. The highest BCUT2D eigenvalue weighted by Crippen LogP contribution is 2.36. The first-order chi connectivity index (χ1) is 19.0. The van der Waals surface area contributed by atoms with Crippen molar-refractivity contribution in [2.45, 2.75) is 97.2 Å². The summed E-state index contributed by atoms with van der Waals surface area (Å²) in [5, 5.41) is 4.83. The number of benzene rings is 1. The van der Waals surface area contributed by atoms with Crippen LogP contribution in [0.2, 0.25) is 0 Å². The highest BCUT2D eigenvalue weighted by atomic mass is 32.1. The number of aromatic nitrogens is 1. The highest BCUT2D eigenvalue weighted by Gasteiger charge is 2.43. The van der Waals surface area contributed by atoms with Gasteiger partial charge in [-0.3, -0.25) is 9.59 Å². The van der Waals surface area contributed by atoms with Gasteiger partial charge in [0.05, 0.1) is 22.1 Å². The van der Waals surface area contributed by atoms with Gasteiger partial charge in [0, 0.05) is 24.4 Å². The number of aryl methyl sites for hydroxylation is 2. The minimum absolute atomic E-state index is 0.0650. The Morgan fingerprint density at radius 1 is 1.18 bits per heavy atom. The molecule has 5 N–H and O–H groups in total. The van der Waals surface area contributed by atoms with Crippen LogP contribution in [0, 0.1) is 18.3 Å². The Kier molecular flexibility index (Phi) is 8.25. The first-order valence-corrected chi connectivity index (χ1v) is 15.6. The van der Waals surface area contributed by atoms with E-state index in [2.05, 4.69) is 28.5 Å². The molecule has 40 heavy (non-hydrogen) atoms. The van der Waals surface area contributed by atoms with Crippen LogP contribution in [0.3, 0.4) is 0 Å². The molecule has 1 aromatic heterocycles. The molecule has 5 rings (SSSR count). The van der Waals surface area contributed by atoms with Crippen LogP contribution in [0.4, 0.5) is 0 Å². The summed E-state index contributed by atoms with van der Waals surface area (Å²) in [5.41, 5.74) is 13.1. The Morgan fingerprint density at radius 3 is 2.62 bits per heavy atom. The predicted molar refractivity (Wildman–Crippen MR) is 160 cm³/mol. The molecule has 2 amide bonds. The lowest BCUT2D eigenvalue weighted by molar-refractivity contribution is -0.145. The molecule has 8 nitrogen and oxygen atoms in total. The van der Waals surface area contributed by atoms with E-state index in [4.69, 9.17) is 11.6 Å². The number of hydrogen-bond acceptors (Lipinski definition) is 7. The van der Waals surface area contributed by atoms with Crippen molar-refractivity contribution >= 4 is 23.2 Å². The lowest BCUT2D eigenvalue weighted by Crippen LogP contribution is -2.58. The quantitative estimate of drug-likeness (QED) is 0.253. The molecule has 2 aliphatic carbocycles. The number of hydrazine groups is 1. The number of carbonyl (C=O) groups is 2. The summed E-state index contributed by atoms with van der Waals surface area (Å²) in [6.45, 7) is 8.62. The van der Waals surface area contributed by atoms with E-state index in [9.17, 15) is 9.59 Å².